The maximum Gasteiger partial charge on any atom is 0.345 e. The van der Waals surface area contributed by atoms with Gasteiger partial charge in [0, 0.05) is 30.1 Å². The van der Waals surface area contributed by atoms with Crippen molar-refractivity contribution in [3.05, 3.63) is 64.5 Å². The molecule has 0 fully saturated rings. The number of fused-ring (bicyclic) bond motifs is 1. The van der Waals surface area contributed by atoms with Gasteiger partial charge in [-0.15, -0.1) is 0 Å². The van der Waals surface area contributed by atoms with Gasteiger partial charge in [-0.1, -0.05) is 0 Å². The van der Waals surface area contributed by atoms with E-state index < -0.39 is 18.9 Å². The van der Waals surface area contributed by atoms with Crippen LogP contribution < -0.4 is 5.56 Å². The van der Waals surface area contributed by atoms with E-state index in [0.29, 0.717) is 31.2 Å². The molecule has 0 N–H and O–H groups in total. The molecular weight excluding hydrogens is 407 g/mol. The monoisotopic (exact) mass is 426 g/mol. The summed E-state index contributed by atoms with van der Waals surface area (Å²) < 4.78 is 69.3. The van der Waals surface area contributed by atoms with Gasteiger partial charge in [-0.2, -0.15) is 8.78 Å². The van der Waals surface area contributed by atoms with E-state index in [2.05, 4.69) is 9.72 Å². The Bertz CT molecular complexity index is 1050. The smallest absolute Gasteiger partial charge is 0.323 e. The zero-order chi connectivity index (χ0) is 21.7. The molecule has 4 nitrogen and oxygen atoms in total. The Morgan fingerprint density at radius 1 is 1.03 bits per heavy atom. The average Bonchev–Trinajstić information content (AvgIpc) is 2.72. The Kier molecular flexibility index (Phi) is 7.15. The molecule has 0 spiro atoms. The van der Waals surface area contributed by atoms with Gasteiger partial charge in [0.25, 0.3) is 12.0 Å². The van der Waals surface area contributed by atoms with Crippen LogP contribution in [0.25, 0.3) is 22.0 Å². The van der Waals surface area contributed by atoms with Gasteiger partial charge in [-0.25, -0.2) is 13.2 Å². The maximum absolute atomic E-state index is 14.6. The Labute approximate surface area is 168 Å². The minimum Gasteiger partial charge on any atom is -0.323 e. The van der Waals surface area contributed by atoms with E-state index in [9.17, 15) is 26.7 Å². The zero-order valence-electron chi connectivity index (χ0n) is 15.8. The van der Waals surface area contributed by atoms with E-state index in [-0.39, 0.29) is 34.4 Å². The number of pyridine rings is 2. The van der Waals surface area contributed by atoms with Gasteiger partial charge in [0.05, 0.1) is 17.7 Å². The normalized spacial score (nSPS) is 11.7. The van der Waals surface area contributed by atoms with Gasteiger partial charge < -0.3 is 9.30 Å². The molecule has 0 unspecified atom stereocenters. The van der Waals surface area contributed by atoms with Crippen molar-refractivity contribution in [3.63, 3.8) is 0 Å². The molecule has 3 aromatic rings. The molecule has 0 aliphatic heterocycles. The second kappa shape index (κ2) is 9.80. The first-order chi connectivity index (χ1) is 14.4. The Morgan fingerprint density at radius 2 is 1.83 bits per heavy atom. The van der Waals surface area contributed by atoms with Crippen LogP contribution >= 0.6 is 0 Å². The molecule has 0 radical (unpaired) electrons. The molecule has 3 rings (SSSR count). The predicted molar refractivity (Wildman–Crippen MR) is 102 cm³/mol. The van der Waals surface area contributed by atoms with Crippen LogP contribution in [0.15, 0.2) is 47.5 Å². The van der Waals surface area contributed by atoms with Gasteiger partial charge in [0.2, 0.25) is 0 Å². The number of hydrogen-bond donors (Lipinski definition) is 0. The van der Waals surface area contributed by atoms with E-state index in [1.807, 2.05) is 0 Å². The highest BCUT2D eigenvalue weighted by molar-refractivity contribution is 5.86. The summed E-state index contributed by atoms with van der Waals surface area (Å²) in [5, 5.41) is 0.682. The number of ether oxygens (including phenoxy) is 1. The second-order valence-electron chi connectivity index (χ2n) is 6.70. The average molecular weight is 426 g/mol. The minimum absolute atomic E-state index is 0.0510. The lowest BCUT2D eigenvalue weighted by Crippen LogP contribution is -2.19. The topological polar surface area (TPSA) is 44.1 Å². The summed E-state index contributed by atoms with van der Waals surface area (Å²) in [5.41, 5.74) is -0.333. The number of nitrogens with zero attached hydrogens (tertiary/aromatic N) is 2. The zero-order valence-corrected chi connectivity index (χ0v) is 15.8. The first kappa shape index (κ1) is 21.9. The molecule has 30 heavy (non-hydrogen) atoms. The third-order valence-corrected chi connectivity index (χ3v) is 4.67. The summed E-state index contributed by atoms with van der Waals surface area (Å²) in [6.45, 7) is -2.47. The number of rotatable bonds is 9. The molecule has 0 aliphatic rings. The van der Waals surface area contributed by atoms with Crippen LogP contribution in [0.3, 0.4) is 0 Å². The fourth-order valence-electron chi connectivity index (χ4n) is 3.11. The lowest BCUT2D eigenvalue weighted by Gasteiger charge is -2.10. The molecule has 0 amide bonds. The fourth-order valence-corrected chi connectivity index (χ4v) is 3.11. The molecule has 160 valence electrons. The van der Waals surface area contributed by atoms with E-state index >= 15 is 0 Å². The maximum atomic E-state index is 14.6. The minimum atomic E-state index is -2.79. The number of halogens is 5. The fraction of sp³-hybridized carbons (Fsp3) is 0.333. The lowest BCUT2D eigenvalue weighted by atomic mass is 10.0. The largest absolute Gasteiger partial charge is 0.345 e. The van der Waals surface area contributed by atoms with Crippen LogP contribution in [0.5, 0.6) is 0 Å². The Morgan fingerprint density at radius 3 is 2.50 bits per heavy atom. The van der Waals surface area contributed by atoms with Gasteiger partial charge in [0.15, 0.2) is 0 Å². The number of aromatic nitrogens is 2. The van der Waals surface area contributed by atoms with Crippen LogP contribution in [-0.2, 0) is 11.3 Å². The highest BCUT2D eigenvalue weighted by Crippen LogP contribution is 2.27. The van der Waals surface area contributed by atoms with Crippen molar-refractivity contribution < 1.29 is 26.7 Å². The summed E-state index contributed by atoms with van der Waals surface area (Å²) in [4.78, 5) is 16.5. The SMILES string of the molecule is O=c1c2cc(F)c(-c3ccc(C(F)F)cn3)cc2ccn1CCCCCOC(F)F. The third-order valence-electron chi connectivity index (χ3n) is 4.67. The molecule has 1 aromatic carbocycles. The second-order valence-corrected chi connectivity index (χ2v) is 6.70. The molecule has 9 heteroatoms. The molecule has 0 bridgehead atoms. The van der Waals surface area contributed by atoms with E-state index in [4.69, 9.17) is 0 Å². The Balaban J connectivity index is 1.76. The number of aryl methyl sites for hydroxylation is 1. The highest BCUT2D eigenvalue weighted by atomic mass is 19.3. The number of alkyl halides is 4. The van der Waals surface area contributed by atoms with Gasteiger partial charge >= 0.3 is 6.61 Å². The van der Waals surface area contributed by atoms with Crippen molar-refractivity contribution in [1.82, 2.24) is 9.55 Å². The third kappa shape index (κ3) is 5.21. The molecule has 0 aliphatic carbocycles. The van der Waals surface area contributed by atoms with Crippen LogP contribution in [0.4, 0.5) is 22.0 Å². The first-order valence-corrected chi connectivity index (χ1v) is 9.33. The van der Waals surface area contributed by atoms with Crippen molar-refractivity contribution in [2.75, 3.05) is 6.61 Å². The van der Waals surface area contributed by atoms with Gasteiger partial charge in [-0.3, -0.25) is 9.78 Å². The van der Waals surface area contributed by atoms with Crippen LogP contribution in [0, 0.1) is 5.82 Å². The van der Waals surface area contributed by atoms with Crippen molar-refractivity contribution in [2.24, 2.45) is 0 Å². The standard InChI is InChI=1S/C21H19F5N2O2/c22-17-11-15-13(10-16(17)18-5-4-14(12-27-18)19(23)24)6-8-28(20(15)29)7-2-1-3-9-30-21(25)26/h4-6,8,10-12,19,21H,1-3,7,9H2. The van der Waals surface area contributed by atoms with E-state index in [0.717, 1.165) is 12.3 Å². The van der Waals surface area contributed by atoms with Crippen LogP contribution in [0.1, 0.15) is 31.3 Å². The van der Waals surface area contributed by atoms with Crippen molar-refractivity contribution in [2.45, 2.75) is 38.8 Å². The quantitative estimate of drug-likeness (QED) is 0.333. The molecule has 2 heterocycles. The summed E-state index contributed by atoms with van der Waals surface area (Å²) in [5.74, 6) is -0.682. The van der Waals surface area contributed by atoms with E-state index in [1.165, 1.54) is 22.8 Å². The van der Waals surface area contributed by atoms with E-state index in [1.54, 1.807) is 12.3 Å². The summed E-state index contributed by atoms with van der Waals surface area (Å²) in [6, 6.07) is 6.73. The van der Waals surface area contributed by atoms with Crippen molar-refractivity contribution >= 4 is 10.8 Å². The summed E-state index contributed by atoms with van der Waals surface area (Å²) in [7, 11) is 0. The molecule has 0 atom stereocenters. The molecule has 0 saturated heterocycles. The highest BCUT2D eigenvalue weighted by Gasteiger charge is 2.13. The van der Waals surface area contributed by atoms with Crippen molar-refractivity contribution in [1.29, 1.82) is 0 Å². The van der Waals surface area contributed by atoms with Crippen molar-refractivity contribution in [3.8, 4) is 11.3 Å². The number of unbranched alkanes of at least 4 members (excludes halogenated alkanes) is 2. The Hall–Kier alpha value is -2.81. The number of benzene rings is 1. The molecule has 0 saturated carbocycles. The molecule has 2 aromatic heterocycles. The summed E-state index contributed by atoms with van der Waals surface area (Å²) in [6.07, 6.45) is 1.54. The number of hydrogen-bond acceptors (Lipinski definition) is 3. The van der Waals surface area contributed by atoms with Gasteiger partial charge in [-0.05, 0) is 55.0 Å². The lowest BCUT2D eigenvalue weighted by molar-refractivity contribution is -0.129. The predicted octanol–water partition coefficient (Wildman–Crippen LogP) is 5.55. The van der Waals surface area contributed by atoms with Gasteiger partial charge in [0.1, 0.15) is 5.82 Å². The first-order valence-electron chi connectivity index (χ1n) is 9.33. The van der Waals surface area contributed by atoms with Crippen LogP contribution in [-0.4, -0.2) is 22.8 Å². The van der Waals surface area contributed by atoms with Crippen LogP contribution in [0.2, 0.25) is 0 Å². The molecular formula is C21H19F5N2O2. The summed E-state index contributed by atoms with van der Waals surface area (Å²) >= 11 is 0.